The van der Waals surface area contributed by atoms with E-state index in [1.54, 1.807) is 18.4 Å². The van der Waals surface area contributed by atoms with Crippen LogP contribution in [0.4, 0.5) is 0 Å². The van der Waals surface area contributed by atoms with Gasteiger partial charge in [-0.05, 0) is 56.8 Å². The Labute approximate surface area is 159 Å². The summed E-state index contributed by atoms with van der Waals surface area (Å²) in [5, 5.41) is 11.1. The van der Waals surface area contributed by atoms with Gasteiger partial charge in [-0.1, -0.05) is 0 Å². The third kappa shape index (κ3) is 3.87. The van der Waals surface area contributed by atoms with Gasteiger partial charge in [-0.2, -0.15) is 0 Å². The quantitative estimate of drug-likeness (QED) is 0.891. The van der Waals surface area contributed by atoms with E-state index >= 15 is 0 Å². The minimum absolute atomic E-state index is 0.109. The summed E-state index contributed by atoms with van der Waals surface area (Å²) in [6.07, 6.45) is 0. The average molecular weight is 377 g/mol. The Kier molecular flexibility index (Phi) is 5.28. The minimum Gasteiger partial charge on any atom is -0.497 e. The van der Waals surface area contributed by atoms with Crippen molar-refractivity contribution < 1.29 is 14.6 Å². The number of carbonyl (C=O) groups excluding carboxylic acids is 1. The molecule has 2 heterocycles. The van der Waals surface area contributed by atoms with Crippen molar-refractivity contribution in [3.8, 4) is 5.75 Å². The van der Waals surface area contributed by atoms with Gasteiger partial charge in [0, 0.05) is 36.9 Å². The molecule has 142 valence electrons. The molecule has 0 saturated carbocycles. The lowest BCUT2D eigenvalue weighted by Crippen LogP contribution is -2.56. The fraction of sp³-hybridized carbons (Fsp3) is 0.550. The first kappa shape index (κ1) is 19.1. The maximum absolute atomic E-state index is 13.2. The average Bonchev–Trinajstić information content (AvgIpc) is 2.89. The van der Waals surface area contributed by atoms with Gasteiger partial charge < -0.3 is 14.7 Å². The van der Waals surface area contributed by atoms with Crippen LogP contribution < -0.4 is 4.74 Å². The SMILES string of the molecule is COc1ccc2sc(C(=O)N3CCN(CC(C)(C)O)CC3C)c(C)c2c1. The zero-order valence-corrected chi connectivity index (χ0v) is 17.0. The Bertz CT molecular complexity index is 809. The summed E-state index contributed by atoms with van der Waals surface area (Å²) in [6.45, 7) is 10.6. The molecule has 0 spiro atoms. The monoisotopic (exact) mass is 376 g/mol. The summed E-state index contributed by atoms with van der Waals surface area (Å²) in [7, 11) is 1.66. The van der Waals surface area contributed by atoms with Crippen LogP contribution in [0, 0.1) is 6.92 Å². The lowest BCUT2D eigenvalue weighted by Gasteiger charge is -2.41. The predicted molar refractivity (Wildman–Crippen MR) is 106 cm³/mol. The number of fused-ring (bicyclic) bond motifs is 1. The van der Waals surface area contributed by atoms with Gasteiger partial charge in [-0.15, -0.1) is 11.3 Å². The highest BCUT2D eigenvalue weighted by atomic mass is 32.1. The fourth-order valence-electron chi connectivity index (χ4n) is 3.69. The molecule has 1 amide bonds. The van der Waals surface area contributed by atoms with Crippen molar-refractivity contribution in [3.05, 3.63) is 28.6 Å². The Morgan fingerprint density at radius 2 is 2.12 bits per heavy atom. The highest BCUT2D eigenvalue weighted by Crippen LogP contribution is 2.34. The van der Waals surface area contributed by atoms with E-state index in [1.807, 2.05) is 43.9 Å². The van der Waals surface area contributed by atoms with Crippen molar-refractivity contribution >= 4 is 27.3 Å². The second kappa shape index (κ2) is 7.18. The second-order valence-corrected chi connectivity index (χ2v) is 8.87. The lowest BCUT2D eigenvalue weighted by molar-refractivity contribution is 0.00591. The summed E-state index contributed by atoms with van der Waals surface area (Å²) in [4.78, 5) is 18.2. The number of thiophene rings is 1. The fourth-order valence-corrected chi connectivity index (χ4v) is 4.83. The van der Waals surface area contributed by atoms with Crippen LogP contribution in [-0.4, -0.2) is 65.7 Å². The molecular formula is C20H28N2O3S. The van der Waals surface area contributed by atoms with Crippen molar-refractivity contribution in [3.63, 3.8) is 0 Å². The third-order valence-electron chi connectivity index (χ3n) is 4.92. The first-order valence-corrected chi connectivity index (χ1v) is 9.84. The van der Waals surface area contributed by atoms with Crippen molar-refractivity contribution in [2.45, 2.75) is 39.3 Å². The Morgan fingerprint density at radius 3 is 2.73 bits per heavy atom. The van der Waals surface area contributed by atoms with Crippen LogP contribution in [0.25, 0.3) is 10.1 Å². The van der Waals surface area contributed by atoms with E-state index in [9.17, 15) is 9.90 Å². The van der Waals surface area contributed by atoms with Crippen LogP contribution in [-0.2, 0) is 0 Å². The number of benzene rings is 1. The van der Waals surface area contributed by atoms with Gasteiger partial charge in [0.15, 0.2) is 0 Å². The van der Waals surface area contributed by atoms with Gasteiger partial charge in [-0.3, -0.25) is 9.69 Å². The van der Waals surface area contributed by atoms with Gasteiger partial charge >= 0.3 is 0 Å². The van der Waals surface area contributed by atoms with E-state index in [0.29, 0.717) is 13.1 Å². The zero-order chi connectivity index (χ0) is 19.1. The molecule has 1 aliphatic heterocycles. The molecule has 6 heteroatoms. The molecule has 0 aliphatic carbocycles. The van der Waals surface area contributed by atoms with Gasteiger partial charge in [0.2, 0.25) is 0 Å². The molecule has 0 bridgehead atoms. The molecule has 1 unspecified atom stereocenters. The Hall–Kier alpha value is -1.63. The number of hydrogen-bond acceptors (Lipinski definition) is 5. The summed E-state index contributed by atoms with van der Waals surface area (Å²) in [5.41, 5.74) is 0.313. The predicted octanol–water partition coefficient (Wildman–Crippen LogP) is 3.14. The first-order valence-electron chi connectivity index (χ1n) is 9.02. The molecular weight excluding hydrogens is 348 g/mol. The van der Waals surface area contributed by atoms with Crippen LogP contribution in [0.2, 0.25) is 0 Å². The van der Waals surface area contributed by atoms with Gasteiger partial charge in [0.25, 0.3) is 5.91 Å². The van der Waals surface area contributed by atoms with Crippen molar-refractivity contribution in [1.29, 1.82) is 0 Å². The second-order valence-electron chi connectivity index (χ2n) is 7.81. The number of piperazine rings is 1. The third-order valence-corrected chi connectivity index (χ3v) is 6.18. The van der Waals surface area contributed by atoms with Crippen molar-refractivity contribution in [2.24, 2.45) is 0 Å². The maximum Gasteiger partial charge on any atom is 0.264 e. The number of aryl methyl sites for hydroxylation is 1. The van der Waals surface area contributed by atoms with E-state index in [4.69, 9.17) is 4.74 Å². The number of hydrogen-bond donors (Lipinski definition) is 1. The minimum atomic E-state index is -0.715. The van der Waals surface area contributed by atoms with Crippen molar-refractivity contribution in [1.82, 2.24) is 9.80 Å². The van der Waals surface area contributed by atoms with Crippen LogP contribution in [0.1, 0.15) is 36.0 Å². The molecule has 2 aromatic rings. The number of methoxy groups -OCH3 is 1. The lowest BCUT2D eigenvalue weighted by atomic mass is 10.1. The number of aliphatic hydroxyl groups is 1. The van der Waals surface area contributed by atoms with Crippen LogP contribution in [0.5, 0.6) is 5.75 Å². The molecule has 26 heavy (non-hydrogen) atoms. The molecule has 1 aliphatic rings. The summed E-state index contributed by atoms with van der Waals surface area (Å²) >= 11 is 1.56. The van der Waals surface area contributed by atoms with Gasteiger partial charge in [-0.25, -0.2) is 0 Å². The smallest absolute Gasteiger partial charge is 0.264 e. The van der Waals surface area contributed by atoms with Crippen LogP contribution >= 0.6 is 11.3 Å². The largest absolute Gasteiger partial charge is 0.497 e. The molecule has 1 saturated heterocycles. The van der Waals surface area contributed by atoms with E-state index in [2.05, 4.69) is 11.8 Å². The van der Waals surface area contributed by atoms with E-state index in [-0.39, 0.29) is 11.9 Å². The molecule has 0 radical (unpaired) electrons. The summed E-state index contributed by atoms with van der Waals surface area (Å²) < 4.78 is 6.43. The van der Waals surface area contributed by atoms with E-state index in [0.717, 1.165) is 39.4 Å². The van der Waals surface area contributed by atoms with Gasteiger partial charge in [0.1, 0.15) is 5.75 Å². The number of rotatable bonds is 4. The molecule has 1 aromatic heterocycles. The summed E-state index contributed by atoms with van der Waals surface area (Å²) in [6, 6.07) is 6.08. The molecule has 1 N–H and O–H groups in total. The number of β-amino-alcohol motifs (C(OH)–C–C–N with tert-alkyl or cyclic N) is 1. The molecule has 1 fully saturated rings. The Morgan fingerprint density at radius 1 is 1.38 bits per heavy atom. The van der Waals surface area contributed by atoms with E-state index < -0.39 is 5.60 Å². The summed E-state index contributed by atoms with van der Waals surface area (Å²) in [5.74, 6) is 0.920. The number of nitrogens with zero attached hydrogens (tertiary/aromatic N) is 2. The number of amides is 1. The highest BCUT2D eigenvalue weighted by molar-refractivity contribution is 7.21. The molecule has 5 nitrogen and oxygen atoms in total. The molecule has 3 rings (SSSR count). The number of carbonyl (C=O) groups is 1. The Balaban J connectivity index is 1.79. The first-order chi connectivity index (χ1) is 12.2. The van der Waals surface area contributed by atoms with Crippen LogP contribution in [0.15, 0.2) is 18.2 Å². The normalized spacial score (nSPS) is 19.2. The number of ether oxygens (including phenoxy) is 1. The van der Waals surface area contributed by atoms with Crippen LogP contribution in [0.3, 0.4) is 0 Å². The molecule has 1 aromatic carbocycles. The van der Waals surface area contributed by atoms with Gasteiger partial charge in [0.05, 0.1) is 17.6 Å². The zero-order valence-electron chi connectivity index (χ0n) is 16.2. The molecule has 1 atom stereocenters. The maximum atomic E-state index is 13.2. The highest BCUT2D eigenvalue weighted by Gasteiger charge is 2.31. The topological polar surface area (TPSA) is 53.0 Å². The van der Waals surface area contributed by atoms with E-state index in [1.165, 1.54) is 0 Å². The standard InChI is InChI=1S/C20H28N2O3S/c1-13-11-21(12-20(3,4)24)8-9-22(13)19(23)18-14(2)16-10-15(25-5)6-7-17(16)26-18/h6-7,10,13,24H,8-9,11-12H2,1-5H3. The van der Waals surface area contributed by atoms with Crippen molar-refractivity contribution in [2.75, 3.05) is 33.3 Å².